The number of H-pyrrole nitrogens is 1. The molecule has 3 rings (SSSR count). The Morgan fingerprint density at radius 1 is 1.12 bits per heavy atom. The number of aromatic amines is 1. The standard InChI is InChI=1S/C20H21N3O3/c1-25-11-12-26-18-4-2-3-17(13-18)20(24)21-14-15-5-7-16(8-6-15)19-9-10-22-23-19/h2-10,13H,11-12,14H2,1H3,(H,21,24)(H,22,23). The molecular formula is C20H21N3O3. The second-order valence-electron chi connectivity index (χ2n) is 5.72. The van der Waals surface area contributed by atoms with E-state index in [0.29, 0.717) is 31.1 Å². The summed E-state index contributed by atoms with van der Waals surface area (Å²) in [6.45, 7) is 1.41. The molecule has 1 amide bonds. The highest BCUT2D eigenvalue weighted by molar-refractivity contribution is 5.94. The van der Waals surface area contributed by atoms with E-state index >= 15 is 0 Å². The molecule has 0 unspecified atom stereocenters. The maximum Gasteiger partial charge on any atom is 0.251 e. The fraction of sp³-hybridized carbons (Fsp3) is 0.200. The van der Waals surface area contributed by atoms with Gasteiger partial charge in [0.2, 0.25) is 0 Å². The number of amides is 1. The van der Waals surface area contributed by atoms with Gasteiger partial charge in [-0.3, -0.25) is 9.89 Å². The minimum atomic E-state index is -0.139. The molecule has 2 N–H and O–H groups in total. The Balaban J connectivity index is 1.56. The molecule has 0 fully saturated rings. The van der Waals surface area contributed by atoms with Crippen molar-refractivity contribution in [2.45, 2.75) is 6.54 Å². The van der Waals surface area contributed by atoms with E-state index < -0.39 is 0 Å². The zero-order valence-corrected chi connectivity index (χ0v) is 14.6. The molecule has 6 heteroatoms. The van der Waals surface area contributed by atoms with Gasteiger partial charge < -0.3 is 14.8 Å². The van der Waals surface area contributed by atoms with E-state index in [1.165, 1.54) is 0 Å². The van der Waals surface area contributed by atoms with Crippen LogP contribution in [-0.4, -0.2) is 36.4 Å². The molecule has 2 aromatic carbocycles. The summed E-state index contributed by atoms with van der Waals surface area (Å²) < 4.78 is 10.5. The quantitative estimate of drug-likeness (QED) is 0.612. The van der Waals surface area contributed by atoms with Crippen LogP contribution in [0.15, 0.2) is 60.8 Å². The van der Waals surface area contributed by atoms with Crippen molar-refractivity contribution in [3.8, 4) is 17.0 Å². The van der Waals surface area contributed by atoms with E-state index in [1.807, 2.05) is 36.4 Å². The second-order valence-corrected chi connectivity index (χ2v) is 5.72. The van der Waals surface area contributed by atoms with Crippen LogP contribution in [0.1, 0.15) is 15.9 Å². The van der Waals surface area contributed by atoms with Crippen molar-refractivity contribution in [2.24, 2.45) is 0 Å². The van der Waals surface area contributed by atoms with Crippen molar-refractivity contribution in [3.63, 3.8) is 0 Å². The van der Waals surface area contributed by atoms with E-state index in [-0.39, 0.29) is 5.91 Å². The molecule has 0 atom stereocenters. The summed E-state index contributed by atoms with van der Waals surface area (Å²) in [6.07, 6.45) is 1.72. The summed E-state index contributed by atoms with van der Waals surface area (Å²) >= 11 is 0. The lowest BCUT2D eigenvalue weighted by Crippen LogP contribution is -2.22. The minimum absolute atomic E-state index is 0.139. The van der Waals surface area contributed by atoms with Gasteiger partial charge in [-0.1, -0.05) is 30.3 Å². The molecule has 26 heavy (non-hydrogen) atoms. The van der Waals surface area contributed by atoms with Crippen molar-refractivity contribution in [2.75, 3.05) is 20.3 Å². The first-order valence-corrected chi connectivity index (χ1v) is 8.35. The SMILES string of the molecule is COCCOc1cccc(C(=O)NCc2ccc(-c3ccn[nH]3)cc2)c1. The third-order valence-electron chi connectivity index (χ3n) is 3.87. The zero-order valence-electron chi connectivity index (χ0n) is 14.6. The molecule has 6 nitrogen and oxygen atoms in total. The smallest absolute Gasteiger partial charge is 0.251 e. The van der Waals surface area contributed by atoms with Crippen molar-refractivity contribution in [1.29, 1.82) is 0 Å². The Morgan fingerprint density at radius 3 is 2.69 bits per heavy atom. The molecule has 0 aliphatic carbocycles. The highest BCUT2D eigenvalue weighted by Gasteiger charge is 2.07. The number of rotatable bonds is 8. The van der Waals surface area contributed by atoms with E-state index in [9.17, 15) is 4.79 Å². The number of carbonyl (C=O) groups excluding carboxylic acids is 1. The van der Waals surface area contributed by atoms with Gasteiger partial charge in [0, 0.05) is 25.4 Å². The first-order valence-electron chi connectivity index (χ1n) is 8.35. The Kier molecular flexibility index (Phi) is 6.01. The molecule has 1 aromatic heterocycles. The molecule has 0 aliphatic heterocycles. The van der Waals surface area contributed by atoms with Crippen LogP contribution in [0.5, 0.6) is 5.75 Å². The van der Waals surface area contributed by atoms with Gasteiger partial charge in [-0.2, -0.15) is 5.10 Å². The van der Waals surface area contributed by atoms with Crippen LogP contribution >= 0.6 is 0 Å². The number of methoxy groups -OCH3 is 1. The molecule has 0 radical (unpaired) electrons. The minimum Gasteiger partial charge on any atom is -0.491 e. The molecular weight excluding hydrogens is 330 g/mol. The Hall–Kier alpha value is -3.12. The van der Waals surface area contributed by atoms with Crippen molar-refractivity contribution < 1.29 is 14.3 Å². The first-order chi connectivity index (χ1) is 12.8. The number of hydrogen-bond donors (Lipinski definition) is 2. The van der Waals surface area contributed by atoms with Crippen LogP contribution in [0.3, 0.4) is 0 Å². The van der Waals surface area contributed by atoms with Crippen LogP contribution in [0.25, 0.3) is 11.3 Å². The van der Waals surface area contributed by atoms with Gasteiger partial charge in [-0.15, -0.1) is 0 Å². The fourth-order valence-electron chi connectivity index (χ4n) is 2.47. The maximum absolute atomic E-state index is 12.3. The van der Waals surface area contributed by atoms with E-state index in [2.05, 4.69) is 15.5 Å². The summed E-state index contributed by atoms with van der Waals surface area (Å²) in [7, 11) is 1.62. The lowest BCUT2D eigenvalue weighted by molar-refractivity contribution is 0.0950. The molecule has 1 heterocycles. The predicted octanol–water partition coefficient (Wildman–Crippen LogP) is 3.03. The number of ether oxygens (including phenoxy) is 2. The molecule has 0 spiro atoms. The topological polar surface area (TPSA) is 76.2 Å². The lowest BCUT2D eigenvalue weighted by Gasteiger charge is -2.09. The predicted molar refractivity (Wildman–Crippen MR) is 99.0 cm³/mol. The maximum atomic E-state index is 12.3. The van der Waals surface area contributed by atoms with Crippen LogP contribution in [0.2, 0.25) is 0 Å². The number of benzene rings is 2. The van der Waals surface area contributed by atoms with Crippen molar-refractivity contribution in [3.05, 3.63) is 71.9 Å². The van der Waals surface area contributed by atoms with E-state index in [4.69, 9.17) is 9.47 Å². The molecule has 134 valence electrons. The Morgan fingerprint density at radius 2 is 1.96 bits per heavy atom. The largest absolute Gasteiger partial charge is 0.491 e. The van der Waals surface area contributed by atoms with Gasteiger partial charge in [0.05, 0.1) is 12.3 Å². The summed E-state index contributed by atoms with van der Waals surface area (Å²) in [5, 5.41) is 9.80. The van der Waals surface area contributed by atoms with Crippen LogP contribution < -0.4 is 10.1 Å². The van der Waals surface area contributed by atoms with Crippen LogP contribution in [-0.2, 0) is 11.3 Å². The van der Waals surface area contributed by atoms with Crippen molar-refractivity contribution >= 4 is 5.91 Å². The summed E-state index contributed by atoms with van der Waals surface area (Å²) in [4.78, 5) is 12.3. The normalized spacial score (nSPS) is 10.5. The number of nitrogens with zero attached hydrogens (tertiary/aromatic N) is 1. The second kappa shape index (κ2) is 8.82. The average Bonchev–Trinajstić information content (AvgIpc) is 3.22. The van der Waals surface area contributed by atoms with E-state index in [0.717, 1.165) is 16.8 Å². The molecule has 0 aliphatic rings. The van der Waals surface area contributed by atoms with Gasteiger partial charge in [0.1, 0.15) is 12.4 Å². The lowest BCUT2D eigenvalue weighted by atomic mass is 10.1. The highest BCUT2D eigenvalue weighted by Crippen LogP contribution is 2.17. The number of carbonyl (C=O) groups is 1. The summed E-state index contributed by atoms with van der Waals surface area (Å²) in [5.74, 6) is 0.512. The van der Waals surface area contributed by atoms with Gasteiger partial charge in [0.15, 0.2) is 0 Å². The first kappa shape index (κ1) is 17.7. The average molecular weight is 351 g/mol. The zero-order chi connectivity index (χ0) is 18.2. The van der Waals surface area contributed by atoms with Crippen LogP contribution in [0, 0.1) is 0 Å². The molecule has 0 bridgehead atoms. The highest BCUT2D eigenvalue weighted by atomic mass is 16.5. The Labute approximate surface area is 152 Å². The summed E-state index contributed by atoms with van der Waals surface area (Å²) in [6, 6.07) is 17.0. The molecule has 0 saturated carbocycles. The van der Waals surface area contributed by atoms with Crippen LogP contribution in [0.4, 0.5) is 0 Å². The third-order valence-corrected chi connectivity index (χ3v) is 3.87. The van der Waals surface area contributed by atoms with Gasteiger partial charge in [-0.25, -0.2) is 0 Å². The fourth-order valence-corrected chi connectivity index (χ4v) is 2.47. The van der Waals surface area contributed by atoms with Crippen molar-refractivity contribution in [1.82, 2.24) is 15.5 Å². The Bertz CT molecular complexity index is 830. The number of hydrogen-bond acceptors (Lipinski definition) is 4. The number of nitrogens with one attached hydrogen (secondary N) is 2. The van der Waals surface area contributed by atoms with Gasteiger partial charge in [0.25, 0.3) is 5.91 Å². The molecule has 3 aromatic rings. The monoisotopic (exact) mass is 351 g/mol. The van der Waals surface area contributed by atoms with Gasteiger partial charge in [-0.05, 0) is 35.4 Å². The number of aromatic nitrogens is 2. The van der Waals surface area contributed by atoms with Gasteiger partial charge >= 0.3 is 0 Å². The third kappa shape index (κ3) is 4.70. The molecule has 0 saturated heterocycles. The summed E-state index contributed by atoms with van der Waals surface area (Å²) in [5.41, 5.74) is 3.60. The van der Waals surface area contributed by atoms with E-state index in [1.54, 1.807) is 31.5 Å².